The molecule has 0 bridgehead atoms. The van der Waals surface area contributed by atoms with E-state index in [0.717, 1.165) is 0 Å². The Hall–Kier alpha value is 0.347. The van der Waals surface area contributed by atoms with Crippen LogP contribution in [0.3, 0.4) is 0 Å². The van der Waals surface area contributed by atoms with Crippen molar-refractivity contribution < 1.29 is 19.5 Å². The van der Waals surface area contributed by atoms with Crippen LogP contribution in [-0.4, -0.2) is 36.4 Å². The van der Waals surface area contributed by atoms with E-state index in [1.54, 1.807) is 6.92 Å². The maximum absolute atomic E-state index is 9.06. The smallest absolute Gasteiger partial charge is 0.412 e. The summed E-state index contributed by atoms with van der Waals surface area (Å²) < 4.78 is 4.72. The second-order valence-electron chi connectivity index (χ2n) is 1.97. The Bertz CT molecular complexity index is 90.6. The summed E-state index contributed by atoms with van der Waals surface area (Å²) in [6, 6.07) is 0.296. The van der Waals surface area contributed by atoms with Gasteiger partial charge < -0.3 is 19.5 Å². The second kappa shape index (κ2) is 7.02. The van der Waals surface area contributed by atoms with Crippen molar-refractivity contribution in [2.75, 3.05) is 12.5 Å². The minimum Gasteiger partial charge on any atom is -0.412 e. The van der Waals surface area contributed by atoms with Gasteiger partial charge in [0.2, 0.25) is 0 Å². The molecule has 0 aromatic heterocycles. The first-order valence-electron chi connectivity index (χ1n) is 3.27. The minimum absolute atomic E-state index is 0. The molecule has 0 aromatic carbocycles. The molecular formula is C5H15ClO4Si. The van der Waals surface area contributed by atoms with E-state index in [-0.39, 0.29) is 5.48 Å². The largest absolute Gasteiger partial charge is 0.495 e. The molecule has 0 fully saturated rings. The van der Waals surface area contributed by atoms with Crippen molar-refractivity contribution in [2.24, 2.45) is 0 Å². The number of rotatable bonds is 5. The lowest BCUT2D eigenvalue weighted by molar-refractivity contribution is 0.155. The van der Waals surface area contributed by atoms with Crippen LogP contribution in [0.5, 0.6) is 0 Å². The molecule has 0 heterocycles. The lowest BCUT2D eigenvalue weighted by Gasteiger charge is -2.15. The van der Waals surface area contributed by atoms with Crippen LogP contribution in [0.4, 0.5) is 0 Å². The van der Waals surface area contributed by atoms with Gasteiger partial charge in [-0.1, -0.05) is 0 Å². The zero-order chi connectivity index (χ0) is 8.04. The highest BCUT2D eigenvalue weighted by molar-refractivity contribution is 6.57. The van der Waals surface area contributed by atoms with Crippen LogP contribution in [0.25, 0.3) is 0 Å². The molecule has 4 nitrogen and oxygen atoms in total. The third-order valence-corrected chi connectivity index (χ3v) is 3.03. The fourth-order valence-electron chi connectivity index (χ4n) is 0.600. The maximum atomic E-state index is 9.06. The predicted molar refractivity (Wildman–Crippen MR) is 45.6 cm³/mol. The Labute approximate surface area is 72.4 Å². The van der Waals surface area contributed by atoms with Crippen LogP contribution < -0.4 is 0 Å². The summed E-state index contributed by atoms with van der Waals surface area (Å²) in [5.74, 6) is 0.447. The molecule has 0 radical (unpaired) electrons. The lowest BCUT2D eigenvalue weighted by Crippen LogP contribution is -2.38. The molecule has 70 valence electrons. The van der Waals surface area contributed by atoms with Crippen molar-refractivity contribution in [3.63, 3.8) is 0 Å². The zero-order valence-electron chi connectivity index (χ0n) is 6.51. The third kappa shape index (κ3) is 8.25. The molecule has 6 heteroatoms. The topological polar surface area (TPSA) is 81.2 Å². The van der Waals surface area contributed by atoms with Gasteiger partial charge >= 0.3 is 8.80 Å². The molecule has 0 amide bonds. The van der Waals surface area contributed by atoms with Crippen molar-refractivity contribution >= 4 is 20.4 Å². The molecule has 0 rings (SSSR count). The molecule has 0 aliphatic heterocycles. The molecular weight excluding hydrogens is 188 g/mol. The number of alkyl halides is 1. The average Bonchev–Trinajstić information content (AvgIpc) is 1.84. The van der Waals surface area contributed by atoms with Gasteiger partial charge in [-0.15, -0.1) is 11.6 Å². The zero-order valence-corrected chi connectivity index (χ0v) is 8.26. The molecule has 0 saturated carbocycles. The Morgan fingerprint density at radius 2 is 2.00 bits per heavy atom. The van der Waals surface area contributed by atoms with Gasteiger partial charge in [0.15, 0.2) is 0 Å². The fraction of sp³-hybridized carbons (Fsp3) is 1.00. The highest BCUT2D eigenvalue weighted by atomic mass is 35.5. The van der Waals surface area contributed by atoms with E-state index in [4.69, 9.17) is 25.6 Å². The van der Waals surface area contributed by atoms with Crippen molar-refractivity contribution in [2.45, 2.75) is 19.4 Å². The van der Waals surface area contributed by atoms with Crippen molar-refractivity contribution in [1.29, 1.82) is 0 Å². The quantitative estimate of drug-likeness (QED) is 0.477. The van der Waals surface area contributed by atoms with Gasteiger partial charge in [0, 0.05) is 18.5 Å². The summed E-state index contributed by atoms with van der Waals surface area (Å²) in [7, 11) is -3.31. The van der Waals surface area contributed by atoms with Crippen LogP contribution >= 0.6 is 11.6 Å². The molecule has 4 N–H and O–H groups in total. The number of halogens is 1. The van der Waals surface area contributed by atoms with Crippen molar-refractivity contribution in [3.05, 3.63) is 0 Å². The fourth-order valence-corrected chi connectivity index (χ4v) is 2.20. The van der Waals surface area contributed by atoms with Crippen LogP contribution in [0.15, 0.2) is 0 Å². The highest BCUT2D eigenvalue weighted by Crippen LogP contribution is 2.07. The highest BCUT2D eigenvalue weighted by Gasteiger charge is 2.30. The Balaban J connectivity index is 0. The Morgan fingerprint density at radius 1 is 1.45 bits per heavy atom. The van der Waals surface area contributed by atoms with Crippen LogP contribution in [0.1, 0.15) is 13.3 Å². The molecule has 0 atom stereocenters. The second-order valence-corrected chi connectivity index (χ2v) is 4.62. The first-order valence-corrected chi connectivity index (χ1v) is 5.81. The van der Waals surface area contributed by atoms with Gasteiger partial charge in [-0.2, -0.15) is 0 Å². The van der Waals surface area contributed by atoms with Crippen LogP contribution in [0, 0.1) is 0 Å². The van der Waals surface area contributed by atoms with E-state index in [2.05, 4.69) is 0 Å². The average molecular weight is 203 g/mol. The first kappa shape index (κ1) is 13.9. The molecule has 0 aliphatic carbocycles. The van der Waals surface area contributed by atoms with Gasteiger partial charge in [0.25, 0.3) is 0 Å². The van der Waals surface area contributed by atoms with E-state index in [1.807, 2.05) is 0 Å². The summed E-state index contributed by atoms with van der Waals surface area (Å²) >= 11 is 5.35. The Kier molecular flexibility index (Phi) is 8.87. The lowest BCUT2D eigenvalue weighted by atomic mass is 10.6. The van der Waals surface area contributed by atoms with Gasteiger partial charge in [-0.3, -0.25) is 0 Å². The van der Waals surface area contributed by atoms with E-state index in [0.29, 0.717) is 25.0 Å². The summed E-state index contributed by atoms with van der Waals surface area (Å²) in [6.07, 6.45) is 0.598. The summed E-state index contributed by atoms with van der Waals surface area (Å²) in [4.78, 5) is 18.1. The normalized spacial score (nSPS) is 10.9. The standard InChI is InChI=1S/C5H13ClO3Si.H2O/c1-2-9-10(7,8)5-3-4-6;/h7-8H,2-5H2,1H3;1H2. The van der Waals surface area contributed by atoms with E-state index >= 15 is 0 Å². The Morgan fingerprint density at radius 3 is 2.36 bits per heavy atom. The third-order valence-electron chi connectivity index (χ3n) is 1.01. The van der Waals surface area contributed by atoms with Gasteiger partial charge in [-0.05, 0) is 13.3 Å². The molecule has 0 aliphatic rings. The van der Waals surface area contributed by atoms with E-state index in [1.165, 1.54) is 0 Å². The number of hydrogen-bond acceptors (Lipinski definition) is 3. The van der Waals surface area contributed by atoms with Gasteiger partial charge in [0.1, 0.15) is 0 Å². The van der Waals surface area contributed by atoms with Crippen molar-refractivity contribution in [1.82, 2.24) is 0 Å². The van der Waals surface area contributed by atoms with Crippen molar-refractivity contribution in [3.8, 4) is 0 Å². The molecule has 0 saturated heterocycles. The van der Waals surface area contributed by atoms with E-state index < -0.39 is 8.80 Å². The SMILES string of the molecule is CCO[Si](O)(O)CCCCl.O. The monoisotopic (exact) mass is 202 g/mol. The molecule has 0 unspecified atom stereocenters. The first-order chi connectivity index (χ1) is 4.62. The van der Waals surface area contributed by atoms with E-state index in [9.17, 15) is 0 Å². The maximum Gasteiger partial charge on any atom is 0.495 e. The summed E-state index contributed by atoms with van der Waals surface area (Å²) in [5, 5.41) is 0. The minimum atomic E-state index is -3.31. The molecule has 11 heavy (non-hydrogen) atoms. The van der Waals surface area contributed by atoms with Gasteiger partial charge in [0.05, 0.1) is 0 Å². The predicted octanol–water partition coefficient (Wildman–Crippen LogP) is -0.249. The van der Waals surface area contributed by atoms with Crippen LogP contribution in [0.2, 0.25) is 6.04 Å². The molecule has 0 spiro atoms. The summed E-state index contributed by atoms with van der Waals surface area (Å²) in [5.41, 5.74) is 0. The van der Waals surface area contributed by atoms with Crippen LogP contribution in [-0.2, 0) is 4.43 Å². The van der Waals surface area contributed by atoms with Gasteiger partial charge in [-0.25, -0.2) is 0 Å². The summed E-state index contributed by atoms with van der Waals surface area (Å²) in [6.45, 7) is 2.08. The number of hydrogen-bond donors (Lipinski definition) is 2. The molecule has 0 aromatic rings.